The van der Waals surface area contributed by atoms with Crippen molar-refractivity contribution in [1.29, 1.82) is 0 Å². The number of thiazole rings is 1. The van der Waals surface area contributed by atoms with Crippen LogP contribution in [0.15, 0.2) is 42.0 Å². The van der Waals surface area contributed by atoms with E-state index in [9.17, 15) is 0 Å². The normalized spacial score (nSPS) is 11.2. The molecule has 4 aromatic rings. The largest absolute Gasteiger partial charge is 0.337 e. The van der Waals surface area contributed by atoms with Crippen molar-refractivity contribution < 1.29 is 0 Å². The first-order chi connectivity index (χ1) is 11.7. The minimum atomic E-state index is 0.772. The van der Waals surface area contributed by atoms with Gasteiger partial charge in [0.25, 0.3) is 0 Å². The van der Waals surface area contributed by atoms with Crippen LogP contribution in [0.1, 0.15) is 17.3 Å². The first kappa shape index (κ1) is 15.0. The fourth-order valence-electron chi connectivity index (χ4n) is 2.82. The van der Waals surface area contributed by atoms with Gasteiger partial charge in [0, 0.05) is 48.7 Å². The zero-order chi connectivity index (χ0) is 16.5. The molecule has 0 N–H and O–H groups in total. The molecule has 6 heteroatoms. The molecular formula is C18H17N5S. The third-order valence-electron chi connectivity index (χ3n) is 4.04. The van der Waals surface area contributed by atoms with E-state index in [1.54, 1.807) is 17.5 Å². The fraction of sp³-hybridized carbons (Fsp3) is 0.222. The summed E-state index contributed by atoms with van der Waals surface area (Å²) >= 11 is 1.60. The second-order valence-electron chi connectivity index (χ2n) is 5.73. The van der Waals surface area contributed by atoms with Gasteiger partial charge in [-0.15, -0.1) is 11.3 Å². The summed E-state index contributed by atoms with van der Waals surface area (Å²) in [5, 5.41) is 4.04. The van der Waals surface area contributed by atoms with E-state index in [0.29, 0.717) is 0 Å². The topological polar surface area (TPSA) is 56.5 Å². The van der Waals surface area contributed by atoms with Gasteiger partial charge in [-0.2, -0.15) is 0 Å². The number of nitrogens with zero attached hydrogens (tertiary/aromatic N) is 5. The molecule has 0 bridgehead atoms. The van der Waals surface area contributed by atoms with E-state index in [2.05, 4.69) is 25.6 Å². The number of fused-ring (bicyclic) bond motifs is 1. The highest BCUT2D eigenvalue weighted by Crippen LogP contribution is 2.21. The number of para-hydroxylation sites is 1. The average Bonchev–Trinajstić information content (AvgIpc) is 3.23. The average molecular weight is 335 g/mol. The zero-order valence-electron chi connectivity index (χ0n) is 13.6. The molecule has 3 heterocycles. The van der Waals surface area contributed by atoms with E-state index in [1.807, 2.05) is 43.7 Å². The Bertz CT molecular complexity index is 988. The van der Waals surface area contributed by atoms with Gasteiger partial charge >= 0.3 is 0 Å². The molecule has 0 unspecified atom stereocenters. The number of hydrogen-bond acceptors (Lipinski definition) is 5. The molecule has 0 saturated carbocycles. The van der Waals surface area contributed by atoms with Crippen LogP contribution in [0.25, 0.3) is 21.6 Å². The van der Waals surface area contributed by atoms with Gasteiger partial charge in [0.15, 0.2) is 0 Å². The predicted molar refractivity (Wildman–Crippen MR) is 96.0 cm³/mol. The molecular weight excluding hydrogens is 318 g/mol. The molecule has 0 atom stereocenters. The van der Waals surface area contributed by atoms with Gasteiger partial charge in [0.1, 0.15) is 22.4 Å². The van der Waals surface area contributed by atoms with E-state index >= 15 is 0 Å². The van der Waals surface area contributed by atoms with Crippen molar-refractivity contribution in [2.45, 2.75) is 19.8 Å². The number of hydrogen-bond donors (Lipinski definition) is 0. The van der Waals surface area contributed by atoms with Gasteiger partial charge < -0.3 is 4.57 Å². The Kier molecular flexibility index (Phi) is 3.82. The van der Waals surface area contributed by atoms with Crippen molar-refractivity contribution in [2.75, 3.05) is 0 Å². The second-order valence-corrected chi connectivity index (χ2v) is 6.63. The first-order valence-electron chi connectivity index (χ1n) is 7.85. The van der Waals surface area contributed by atoms with Gasteiger partial charge in [-0.05, 0) is 13.0 Å². The van der Waals surface area contributed by atoms with Crippen LogP contribution in [0.5, 0.6) is 0 Å². The Morgan fingerprint density at radius 1 is 1.08 bits per heavy atom. The quantitative estimate of drug-likeness (QED) is 0.572. The number of aryl methyl sites for hydroxylation is 4. The fourth-order valence-corrected chi connectivity index (χ4v) is 3.41. The molecule has 120 valence electrons. The van der Waals surface area contributed by atoms with Crippen molar-refractivity contribution in [3.8, 4) is 10.7 Å². The Balaban J connectivity index is 1.57. The number of aromatic nitrogens is 5. The highest BCUT2D eigenvalue weighted by atomic mass is 32.1. The van der Waals surface area contributed by atoms with Crippen molar-refractivity contribution in [1.82, 2.24) is 24.5 Å². The maximum absolute atomic E-state index is 4.71. The molecule has 0 aliphatic carbocycles. The highest BCUT2D eigenvalue weighted by Gasteiger charge is 2.11. The van der Waals surface area contributed by atoms with Crippen LogP contribution < -0.4 is 0 Å². The van der Waals surface area contributed by atoms with Gasteiger partial charge in [-0.1, -0.05) is 18.2 Å². The van der Waals surface area contributed by atoms with E-state index in [1.165, 1.54) is 0 Å². The SMILES string of the molecule is Cc1nc(CCc2nc(-c3nccs3)cn2C)nc2ccccc12. The predicted octanol–water partition coefficient (Wildman–Crippen LogP) is 3.58. The highest BCUT2D eigenvalue weighted by molar-refractivity contribution is 7.13. The van der Waals surface area contributed by atoms with E-state index in [4.69, 9.17) is 4.98 Å². The molecule has 0 radical (unpaired) electrons. The molecule has 4 rings (SSSR count). The zero-order valence-corrected chi connectivity index (χ0v) is 14.4. The molecule has 5 nitrogen and oxygen atoms in total. The molecule has 0 spiro atoms. The van der Waals surface area contributed by atoms with Gasteiger partial charge in [0.2, 0.25) is 0 Å². The first-order valence-corrected chi connectivity index (χ1v) is 8.73. The Hall–Kier alpha value is -2.60. The number of imidazole rings is 1. The standard InChI is InChI=1S/C18H17N5S/c1-12-13-5-3-4-6-14(13)21-16(20-12)7-8-17-22-15(11-23(17)2)18-19-9-10-24-18/h3-6,9-11H,7-8H2,1-2H3. The molecule has 0 amide bonds. The minimum absolute atomic E-state index is 0.772. The summed E-state index contributed by atoms with van der Waals surface area (Å²) in [5.41, 5.74) is 2.96. The van der Waals surface area contributed by atoms with Gasteiger partial charge in [0.05, 0.1) is 5.52 Å². The lowest BCUT2D eigenvalue weighted by Gasteiger charge is -2.05. The van der Waals surface area contributed by atoms with Crippen LogP contribution in [0, 0.1) is 6.92 Å². The number of rotatable bonds is 4. The van der Waals surface area contributed by atoms with Crippen molar-refractivity contribution in [3.05, 3.63) is 59.4 Å². The van der Waals surface area contributed by atoms with Gasteiger partial charge in [-0.25, -0.2) is 19.9 Å². The van der Waals surface area contributed by atoms with Crippen molar-refractivity contribution >= 4 is 22.2 Å². The molecule has 24 heavy (non-hydrogen) atoms. The molecule has 0 fully saturated rings. The van der Waals surface area contributed by atoms with Crippen LogP contribution in [0.4, 0.5) is 0 Å². The van der Waals surface area contributed by atoms with Crippen LogP contribution in [-0.4, -0.2) is 24.5 Å². The van der Waals surface area contributed by atoms with E-state index in [-0.39, 0.29) is 0 Å². The lowest BCUT2D eigenvalue weighted by Crippen LogP contribution is -2.04. The summed E-state index contributed by atoms with van der Waals surface area (Å²) in [4.78, 5) is 18.4. The lowest BCUT2D eigenvalue weighted by molar-refractivity contribution is 0.748. The Morgan fingerprint density at radius 3 is 2.79 bits per heavy atom. The van der Waals surface area contributed by atoms with E-state index < -0.39 is 0 Å². The van der Waals surface area contributed by atoms with Crippen LogP contribution in [0.2, 0.25) is 0 Å². The summed E-state index contributed by atoms with van der Waals surface area (Å²) in [5.74, 6) is 1.89. The number of benzene rings is 1. The lowest BCUT2D eigenvalue weighted by atomic mass is 10.2. The van der Waals surface area contributed by atoms with Crippen LogP contribution in [-0.2, 0) is 19.9 Å². The second kappa shape index (κ2) is 6.13. The molecule has 3 aromatic heterocycles. The van der Waals surface area contributed by atoms with Crippen molar-refractivity contribution in [2.24, 2.45) is 7.05 Å². The van der Waals surface area contributed by atoms with Crippen LogP contribution in [0.3, 0.4) is 0 Å². The maximum atomic E-state index is 4.71. The Labute approximate surface area is 144 Å². The summed E-state index contributed by atoms with van der Waals surface area (Å²) in [6, 6.07) is 8.13. The summed E-state index contributed by atoms with van der Waals surface area (Å²) < 4.78 is 2.06. The van der Waals surface area contributed by atoms with Crippen LogP contribution >= 0.6 is 11.3 Å². The molecule has 0 saturated heterocycles. The summed E-state index contributed by atoms with van der Waals surface area (Å²) in [6.07, 6.45) is 5.41. The molecule has 0 aliphatic heterocycles. The third-order valence-corrected chi connectivity index (χ3v) is 4.83. The molecule has 0 aliphatic rings. The maximum Gasteiger partial charge on any atom is 0.143 e. The van der Waals surface area contributed by atoms with Gasteiger partial charge in [-0.3, -0.25) is 0 Å². The Morgan fingerprint density at radius 2 is 1.96 bits per heavy atom. The minimum Gasteiger partial charge on any atom is -0.337 e. The smallest absolute Gasteiger partial charge is 0.143 e. The third kappa shape index (κ3) is 2.80. The summed E-state index contributed by atoms with van der Waals surface area (Å²) in [7, 11) is 2.02. The van der Waals surface area contributed by atoms with Crippen molar-refractivity contribution in [3.63, 3.8) is 0 Å². The summed E-state index contributed by atoms with van der Waals surface area (Å²) in [6.45, 7) is 2.04. The molecule has 1 aromatic carbocycles. The van der Waals surface area contributed by atoms with E-state index in [0.717, 1.165) is 51.8 Å². The monoisotopic (exact) mass is 335 g/mol.